The summed E-state index contributed by atoms with van der Waals surface area (Å²) in [4.78, 5) is 0. The molecule has 5 atom stereocenters. The third-order valence-electron chi connectivity index (χ3n) is 2.31. The lowest BCUT2D eigenvalue weighted by Gasteiger charge is -2.36. The fourth-order valence-electron chi connectivity index (χ4n) is 1.46. The van der Waals surface area contributed by atoms with Crippen LogP contribution in [0, 0.1) is 0 Å². The van der Waals surface area contributed by atoms with Gasteiger partial charge in [-0.05, 0) is 0 Å². The van der Waals surface area contributed by atoms with E-state index in [1.807, 2.05) is 0 Å². The normalized spacial score (nSPS) is 46.4. The van der Waals surface area contributed by atoms with Gasteiger partial charge in [-0.2, -0.15) is 5.11 Å². The average Bonchev–Trinajstić information content (AvgIpc) is 2.12. The molecule has 1 fully saturated rings. The van der Waals surface area contributed by atoms with Crippen molar-refractivity contribution in [3.05, 3.63) is 0 Å². The maximum Gasteiger partial charge on any atom is 0.246 e. The first-order valence-electron chi connectivity index (χ1n) is 4.19. The van der Waals surface area contributed by atoms with Gasteiger partial charge in [0, 0.05) is 0 Å². The highest BCUT2D eigenvalue weighted by atomic mass is 16.6. The quantitative estimate of drug-likeness (QED) is 0.364. The molecule has 1 rings (SSSR count). The van der Waals surface area contributed by atoms with Crippen molar-refractivity contribution < 1.29 is 30.5 Å². The molecule has 6 nitrogen and oxygen atoms in total. The summed E-state index contributed by atoms with van der Waals surface area (Å²) in [6, 6.07) is -0.724. The van der Waals surface area contributed by atoms with Crippen molar-refractivity contribution in [1.29, 1.82) is 0 Å². The summed E-state index contributed by atoms with van der Waals surface area (Å²) in [5, 5.41) is 40.2. The second-order valence-electron chi connectivity index (χ2n) is 3.12. The fraction of sp³-hybridized carbons (Fsp3) is 1.00. The summed E-state index contributed by atoms with van der Waals surface area (Å²) in [5.41, 5.74) is 0. The highest BCUT2D eigenvalue weighted by Gasteiger charge is 2.46. The number of ether oxygens (including phenoxy) is 1. The van der Waals surface area contributed by atoms with Crippen molar-refractivity contribution in [2.24, 2.45) is 0 Å². The van der Waals surface area contributed by atoms with Gasteiger partial charge in [-0.25, -0.2) is 0 Å². The van der Waals surface area contributed by atoms with Crippen molar-refractivity contribution in [3.8, 4) is 0 Å². The van der Waals surface area contributed by atoms with Gasteiger partial charge < -0.3 is 25.4 Å². The summed E-state index contributed by atoms with van der Waals surface area (Å²) >= 11 is 0. The van der Waals surface area contributed by atoms with Gasteiger partial charge in [-0.3, -0.25) is 0 Å². The lowest BCUT2D eigenvalue weighted by Crippen LogP contribution is -2.94. The van der Waals surface area contributed by atoms with E-state index in [-0.39, 0.29) is 0 Å². The van der Waals surface area contributed by atoms with Gasteiger partial charge in [-0.15, -0.1) is 0 Å². The Morgan fingerprint density at radius 3 is 2.46 bits per heavy atom. The topological polar surface area (TPSA) is 106 Å². The Morgan fingerprint density at radius 2 is 2.00 bits per heavy atom. The molecule has 0 saturated carbocycles. The number of nitrogens with two attached hydrogens (primary N) is 1. The van der Waals surface area contributed by atoms with Crippen LogP contribution in [0.25, 0.3) is 0 Å². The van der Waals surface area contributed by atoms with Crippen LogP contribution in [-0.2, 0) is 9.84 Å². The maximum atomic E-state index is 11.2. The summed E-state index contributed by atoms with van der Waals surface area (Å²) in [7, 11) is 1.62. The minimum Gasteiger partial charge on any atom is -0.394 e. The van der Waals surface area contributed by atoms with Crippen molar-refractivity contribution >= 4 is 0 Å². The van der Waals surface area contributed by atoms with E-state index in [1.165, 1.54) is 5.32 Å². The molecular formula is C7H15NO5+. The molecule has 77 valence electrons. The van der Waals surface area contributed by atoms with Crippen LogP contribution >= 0.6 is 0 Å². The first-order chi connectivity index (χ1) is 6.11. The summed E-state index contributed by atoms with van der Waals surface area (Å²) in [5.74, 6) is 0. The van der Waals surface area contributed by atoms with E-state index in [4.69, 9.17) is 9.84 Å². The minimum absolute atomic E-state index is 0.465. The van der Waals surface area contributed by atoms with Gasteiger partial charge in [0.05, 0.1) is 13.7 Å². The second-order valence-corrected chi connectivity index (χ2v) is 3.12. The number of quaternary nitrogens is 1. The number of hydrogen-bond acceptors (Lipinski definition) is 4. The molecule has 1 aliphatic heterocycles. The standard InChI is InChI=1S/C7H14NO5/c1-8-4-6(11)5(10)3(2-9)13-7(4)12/h3-11H,2H2,1H3/p+1/t3?,4?,5-,6+,7+/m0/s1. The molecule has 5 N–H and O–H groups in total. The molecule has 0 aromatic rings. The van der Waals surface area contributed by atoms with E-state index in [0.29, 0.717) is 0 Å². The van der Waals surface area contributed by atoms with E-state index < -0.39 is 37.3 Å². The molecule has 0 spiro atoms. The molecule has 6 heteroatoms. The van der Waals surface area contributed by atoms with Crippen LogP contribution in [0.1, 0.15) is 0 Å². The van der Waals surface area contributed by atoms with Crippen LogP contribution in [0.3, 0.4) is 0 Å². The zero-order chi connectivity index (χ0) is 10.0. The van der Waals surface area contributed by atoms with E-state index in [1.54, 1.807) is 7.05 Å². The Bertz CT molecular complexity index is 167. The maximum absolute atomic E-state index is 11.2. The largest absolute Gasteiger partial charge is 0.394 e. The van der Waals surface area contributed by atoms with E-state index in [9.17, 15) is 15.3 Å². The van der Waals surface area contributed by atoms with Gasteiger partial charge in [0.15, 0.2) is 6.04 Å². The molecule has 1 aliphatic rings. The predicted octanol–water partition coefficient (Wildman–Crippen LogP) is -3.58. The minimum atomic E-state index is -1.42. The molecule has 13 heavy (non-hydrogen) atoms. The van der Waals surface area contributed by atoms with Crippen LogP contribution in [0.2, 0.25) is 0 Å². The van der Waals surface area contributed by atoms with Crippen LogP contribution in [0.15, 0.2) is 0 Å². The SMILES string of the molecule is C[NH2+]C1[C@H]([O])OC(CO)[C@H](O)[C@@H]1O. The van der Waals surface area contributed by atoms with Crippen molar-refractivity contribution in [1.82, 2.24) is 0 Å². The Hall–Kier alpha value is -0.240. The third-order valence-corrected chi connectivity index (χ3v) is 2.31. The zero-order valence-electron chi connectivity index (χ0n) is 7.33. The van der Waals surface area contributed by atoms with Gasteiger partial charge >= 0.3 is 0 Å². The van der Waals surface area contributed by atoms with Gasteiger partial charge in [0.1, 0.15) is 18.3 Å². The van der Waals surface area contributed by atoms with Gasteiger partial charge in [0.2, 0.25) is 6.29 Å². The molecule has 2 unspecified atom stereocenters. The lowest BCUT2D eigenvalue weighted by molar-refractivity contribution is -0.696. The molecular weight excluding hydrogens is 178 g/mol. The Labute approximate surface area is 75.8 Å². The Balaban J connectivity index is 2.66. The monoisotopic (exact) mass is 193 g/mol. The van der Waals surface area contributed by atoms with Crippen LogP contribution in [-0.4, -0.2) is 59.6 Å². The fourth-order valence-corrected chi connectivity index (χ4v) is 1.46. The Morgan fingerprint density at radius 1 is 1.38 bits per heavy atom. The number of aliphatic hydroxyl groups is 3. The van der Waals surface area contributed by atoms with E-state index in [0.717, 1.165) is 0 Å². The highest BCUT2D eigenvalue weighted by Crippen LogP contribution is 2.17. The van der Waals surface area contributed by atoms with Crippen molar-refractivity contribution in [3.63, 3.8) is 0 Å². The van der Waals surface area contributed by atoms with Gasteiger partial charge in [-0.1, -0.05) is 0 Å². The number of rotatable bonds is 2. The smallest absolute Gasteiger partial charge is 0.246 e. The first kappa shape index (κ1) is 10.8. The predicted molar refractivity (Wildman–Crippen MR) is 40.1 cm³/mol. The second kappa shape index (κ2) is 4.32. The highest BCUT2D eigenvalue weighted by molar-refractivity contribution is 4.87. The van der Waals surface area contributed by atoms with Crippen LogP contribution in [0.4, 0.5) is 0 Å². The van der Waals surface area contributed by atoms with Crippen molar-refractivity contribution in [2.75, 3.05) is 13.7 Å². The van der Waals surface area contributed by atoms with Crippen LogP contribution < -0.4 is 5.32 Å². The van der Waals surface area contributed by atoms with Crippen LogP contribution in [0.5, 0.6) is 0 Å². The summed E-state index contributed by atoms with van der Waals surface area (Å²) < 4.78 is 4.77. The van der Waals surface area contributed by atoms with Gasteiger partial charge in [0.25, 0.3) is 0 Å². The third kappa shape index (κ3) is 1.98. The molecule has 1 heterocycles. The number of hydrogen-bond donors (Lipinski definition) is 4. The molecule has 0 aromatic carbocycles. The zero-order valence-corrected chi connectivity index (χ0v) is 7.33. The van der Waals surface area contributed by atoms with E-state index >= 15 is 0 Å². The summed E-state index contributed by atoms with van der Waals surface area (Å²) in [6.45, 7) is -0.465. The van der Waals surface area contributed by atoms with E-state index in [2.05, 4.69) is 0 Å². The van der Waals surface area contributed by atoms with Crippen molar-refractivity contribution in [2.45, 2.75) is 30.6 Å². The lowest BCUT2D eigenvalue weighted by atomic mass is 9.97. The molecule has 1 radical (unpaired) electrons. The molecule has 0 aromatic heterocycles. The number of aliphatic hydroxyl groups excluding tert-OH is 3. The Kier molecular flexibility index (Phi) is 3.60. The number of likely N-dealkylation sites (N-methyl/N-ethyl adjacent to an activating group) is 1. The average molecular weight is 193 g/mol. The summed E-state index contributed by atoms with van der Waals surface area (Å²) in [6.07, 6.45) is -4.75. The molecule has 0 amide bonds. The molecule has 1 saturated heterocycles. The molecule has 0 bridgehead atoms. The molecule has 0 aliphatic carbocycles. The first-order valence-corrected chi connectivity index (χ1v) is 4.19.